The van der Waals surface area contributed by atoms with Crippen molar-refractivity contribution in [3.05, 3.63) is 16.1 Å². The second kappa shape index (κ2) is 3.13. The molecule has 1 aliphatic heterocycles. The van der Waals surface area contributed by atoms with Gasteiger partial charge in [-0.25, -0.2) is 9.29 Å². The molecule has 1 aromatic heterocycles. The number of thiazole rings is 1. The van der Waals surface area contributed by atoms with E-state index in [1.54, 1.807) is 11.3 Å². The highest BCUT2D eigenvalue weighted by Gasteiger charge is 2.16. The number of nitrogens with zero attached hydrogens (tertiary/aromatic N) is 2. The topological polar surface area (TPSA) is 16.1 Å². The van der Waals surface area contributed by atoms with E-state index in [1.165, 1.54) is 23.5 Å². The normalized spacial score (nSPS) is 18.3. The van der Waals surface area contributed by atoms with Crippen LogP contribution in [0.5, 0.6) is 0 Å². The van der Waals surface area contributed by atoms with Gasteiger partial charge in [0.25, 0.3) is 0 Å². The molecule has 2 nitrogen and oxygen atoms in total. The molecule has 0 aliphatic carbocycles. The number of aromatic nitrogens is 1. The first-order valence-electron chi connectivity index (χ1n) is 3.60. The SMILES string of the molecule is CSN1CCc2scnc2C1. The molecule has 2 heterocycles. The van der Waals surface area contributed by atoms with Gasteiger partial charge in [-0.2, -0.15) is 0 Å². The lowest BCUT2D eigenvalue weighted by Crippen LogP contribution is -2.23. The molecule has 0 spiro atoms. The Morgan fingerprint density at radius 2 is 2.64 bits per heavy atom. The van der Waals surface area contributed by atoms with Gasteiger partial charge in [0.05, 0.1) is 17.7 Å². The summed E-state index contributed by atoms with van der Waals surface area (Å²) in [6, 6.07) is 0. The van der Waals surface area contributed by atoms with Crippen LogP contribution in [-0.2, 0) is 13.0 Å². The van der Waals surface area contributed by atoms with Crippen LogP contribution in [-0.4, -0.2) is 22.1 Å². The maximum atomic E-state index is 4.32. The first-order chi connectivity index (χ1) is 5.40. The van der Waals surface area contributed by atoms with Crippen LogP contribution >= 0.6 is 23.3 Å². The van der Waals surface area contributed by atoms with Crippen molar-refractivity contribution < 1.29 is 0 Å². The minimum atomic E-state index is 1.03. The Labute approximate surface area is 74.8 Å². The van der Waals surface area contributed by atoms with Crippen LogP contribution in [0.1, 0.15) is 10.6 Å². The Balaban J connectivity index is 2.18. The summed E-state index contributed by atoms with van der Waals surface area (Å²) < 4.78 is 2.35. The zero-order chi connectivity index (χ0) is 7.68. The lowest BCUT2D eigenvalue weighted by Gasteiger charge is -2.22. The number of hydrogen-bond acceptors (Lipinski definition) is 4. The van der Waals surface area contributed by atoms with Gasteiger partial charge in [-0.3, -0.25) is 0 Å². The summed E-state index contributed by atoms with van der Waals surface area (Å²) in [5.74, 6) is 0. The molecular formula is C7H10N2S2. The van der Waals surface area contributed by atoms with Crippen LogP contribution < -0.4 is 0 Å². The maximum absolute atomic E-state index is 4.32. The minimum Gasteiger partial charge on any atom is -0.248 e. The maximum Gasteiger partial charge on any atom is 0.0798 e. The molecule has 0 N–H and O–H groups in total. The van der Waals surface area contributed by atoms with Crippen molar-refractivity contribution in [2.24, 2.45) is 0 Å². The van der Waals surface area contributed by atoms with Crippen LogP contribution in [0.25, 0.3) is 0 Å². The molecule has 1 aromatic rings. The molecule has 60 valence electrons. The van der Waals surface area contributed by atoms with Gasteiger partial charge >= 0.3 is 0 Å². The fourth-order valence-electron chi connectivity index (χ4n) is 1.25. The molecule has 0 aromatic carbocycles. The summed E-state index contributed by atoms with van der Waals surface area (Å²) in [6.07, 6.45) is 3.30. The standard InChI is InChI=1S/C7H10N2S2/c1-10-9-3-2-7-6(4-9)8-5-11-7/h5H,2-4H2,1H3. The summed E-state index contributed by atoms with van der Waals surface area (Å²) in [5.41, 5.74) is 3.24. The molecule has 0 atom stereocenters. The molecular weight excluding hydrogens is 176 g/mol. The molecule has 0 amide bonds. The van der Waals surface area contributed by atoms with E-state index in [0.29, 0.717) is 0 Å². The van der Waals surface area contributed by atoms with E-state index in [4.69, 9.17) is 0 Å². The molecule has 0 fully saturated rings. The van der Waals surface area contributed by atoms with Crippen LogP contribution in [0, 0.1) is 0 Å². The Morgan fingerprint density at radius 3 is 3.45 bits per heavy atom. The Kier molecular flexibility index (Phi) is 2.16. The molecule has 0 bridgehead atoms. The third kappa shape index (κ3) is 1.43. The van der Waals surface area contributed by atoms with Crippen molar-refractivity contribution in [3.63, 3.8) is 0 Å². The van der Waals surface area contributed by atoms with Crippen molar-refractivity contribution >= 4 is 23.3 Å². The van der Waals surface area contributed by atoms with E-state index < -0.39 is 0 Å². The van der Waals surface area contributed by atoms with Crippen molar-refractivity contribution in [2.45, 2.75) is 13.0 Å². The fraction of sp³-hybridized carbons (Fsp3) is 0.571. The summed E-state index contributed by atoms with van der Waals surface area (Å²) in [4.78, 5) is 5.80. The van der Waals surface area contributed by atoms with E-state index in [-0.39, 0.29) is 0 Å². The zero-order valence-electron chi connectivity index (χ0n) is 6.41. The predicted octanol–water partition coefficient (Wildman–Crippen LogP) is 1.78. The minimum absolute atomic E-state index is 1.03. The number of fused-ring (bicyclic) bond motifs is 1. The summed E-state index contributed by atoms with van der Waals surface area (Å²) in [7, 11) is 0. The van der Waals surface area contributed by atoms with Crippen molar-refractivity contribution in [2.75, 3.05) is 12.8 Å². The average molecular weight is 186 g/mol. The highest BCUT2D eigenvalue weighted by Crippen LogP contribution is 2.24. The van der Waals surface area contributed by atoms with Crippen LogP contribution in [0.3, 0.4) is 0 Å². The average Bonchev–Trinajstić information content (AvgIpc) is 2.50. The predicted molar refractivity (Wildman–Crippen MR) is 49.7 cm³/mol. The third-order valence-corrected chi connectivity index (χ3v) is 3.66. The number of rotatable bonds is 1. The van der Waals surface area contributed by atoms with E-state index in [2.05, 4.69) is 15.5 Å². The third-order valence-electron chi connectivity index (χ3n) is 1.90. The van der Waals surface area contributed by atoms with Crippen molar-refractivity contribution in [1.29, 1.82) is 0 Å². The van der Waals surface area contributed by atoms with Crippen molar-refractivity contribution in [3.8, 4) is 0 Å². The molecule has 0 radical (unpaired) electrons. The first kappa shape index (κ1) is 7.58. The fourth-order valence-corrected chi connectivity index (χ4v) is 2.55. The van der Waals surface area contributed by atoms with Crippen molar-refractivity contribution in [1.82, 2.24) is 9.29 Å². The Morgan fingerprint density at radius 1 is 1.73 bits per heavy atom. The van der Waals surface area contributed by atoms with Gasteiger partial charge in [-0.05, 0) is 12.7 Å². The Bertz CT molecular complexity index is 246. The molecule has 4 heteroatoms. The Hall–Kier alpha value is -0.0600. The van der Waals surface area contributed by atoms with E-state index >= 15 is 0 Å². The second-order valence-electron chi connectivity index (χ2n) is 2.52. The zero-order valence-corrected chi connectivity index (χ0v) is 8.04. The first-order valence-corrected chi connectivity index (χ1v) is 5.66. The number of hydrogen-bond donors (Lipinski definition) is 0. The summed E-state index contributed by atoms with van der Waals surface area (Å²) >= 11 is 3.60. The molecule has 1 aliphatic rings. The molecule has 0 saturated carbocycles. The smallest absolute Gasteiger partial charge is 0.0798 e. The molecule has 11 heavy (non-hydrogen) atoms. The summed E-state index contributed by atoms with van der Waals surface area (Å²) in [5, 5.41) is 0. The van der Waals surface area contributed by atoms with Gasteiger partial charge in [0.1, 0.15) is 0 Å². The van der Waals surface area contributed by atoms with E-state index in [0.717, 1.165) is 6.54 Å². The van der Waals surface area contributed by atoms with Gasteiger partial charge in [-0.1, -0.05) is 11.9 Å². The van der Waals surface area contributed by atoms with E-state index in [9.17, 15) is 0 Å². The molecule has 0 saturated heterocycles. The van der Waals surface area contributed by atoms with E-state index in [1.807, 2.05) is 17.5 Å². The van der Waals surface area contributed by atoms with Gasteiger partial charge in [-0.15, -0.1) is 11.3 Å². The lowest BCUT2D eigenvalue weighted by molar-refractivity contribution is 0.443. The highest BCUT2D eigenvalue weighted by atomic mass is 32.2. The highest BCUT2D eigenvalue weighted by molar-refractivity contribution is 7.96. The molecule has 2 rings (SSSR count). The van der Waals surface area contributed by atoms with Gasteiger partial charge in [0.15, 0.2) is 0 Å². The largest absolute Gasteiger partial charge is 0.248 e. The second-order valence-corrected chi connectivity index (χ2v) is 4.34. The van der Waals surface area contributed by atoms with Gasteiger partial charge in [0, 0.05) is 11.4 Å². The van der Waals surface area contributed by atoms with Crippen LogP contribution in [0.15, 0.2) is 5.51 Å². The van der Waals surface area contributed by atoms with Gasteiger partial charge in [0.2, 0.25) is 0 Å². The van der Waals surface area contributed by atoms with Crippen LogP contribution in [0.4, 0.5) is 0 Å². The summed E-state index contributed by atoms with van der Waals surface area (Å²) in [6.45, 7) is 2.20. The lowest BCUT2D eigenvalue weighted by atomic mass is 10.2. The molecule has 0 unspecified atom stereocenters. The quantitative estimate of drug-likeness (QED) is 0.622. The van der Waals surface area contributed by atoms with Gasteiger partial charge < -0.3 is 0 Å². The monoisotopic (exact) mass is 186 g/mol. The van der Waals surface area contributed by atoms with Crippen LogP contribution in [0.2, 0.25) is 0 Å².